The second-order valence-corrected chi connectivity index (χ2v) is 4.59. The van der Waals surface area contributed by atoms with E-state index in [1.54, 1.807) is 6.92 Å². The summed E-state index contributed by atoms with van der Waals surface area (Å²) in [6, 6.07) is -0.469. The van der Waals surface area contributed by atoms with E-state index in [1.165, 1.54) is 0 Å². The molecule has 1 atom stereocenters. The Morgan fingerprint density at radius 2 is 2.43 bits per heavy atom. The number of rotatable bonds is 6. The average molecular weight is 219 g/mol. The lowest BCUT2D eigenvalue weighted by Gasteiger charge is -2.25. The summed E-state index contributed by atoms with van der Waals surface area (Å²) >= 11 is 1.81. The van der Waals surface area contributed by atoms with Crippen molar-refractivity contribution in [2.24, 2.45) is 5.73 Å². The number of esters is 1. The molecule has 0 saturated carbocycles. The summed E-state index contributed by atoms with van der Waals surface area (Å²) in [5, 5.41) is 0.601. The molecule has 0 aromatic rings. The van der Waals surface area contributed by atoms with E-state index in [0.717, 1.165) is 19.0 Å². The molecular formula is C9H17NO3S. The van der Waals surface area contributed by atoms with Gasteiger partial charge in [0.25, 0.3) is 0 Å². The zero-order valence-corrected chi connectivity index (χ0v) is 9.22. The zero-order valence-electron chi connectivity index (χ0n) is 8.40. The second kappa shape index (κ2) is 6.27. The van der Waals surface area contributed by atoms with Crippen LogP contribution in [0.3, 0.4) is 0 Å². The molecule has 2 N–H and O–H groups in total. The highest BCUT2D eigenvalue weighted by molar-refractivity contribution is 8.00. The van der Waals surface area contributed by atoms with Gasteiger partial charge in [-0.15, -0.1) is 0 Å². The first-order valence-electron chi connectivity index (χ1n) is 4.85. The molecule has 1 rings (SSSR count). The van der Waals surface area contributed by atoms with Crippen LogP contribution in [0.1, 0.15) is 13.3 Å². The normalized spacial score (nSPS) is 18.7. The van der Waals surface area contributed by atoms with Crippen LogP contribution in [0.2, 0.25) is 0 Å². The van der Waals surface area contributed by atoms with E-state index in [-0.39, 0.29) is 5.97 Å². The highest BCUT2D eigenvalue weighted by atomic mass is 32.2. The molecule has 0 aromatic carbocycles. The SMILES string of the molecule is CCOC(=O)C(N)CCSC1COC1. The van der Waals surface area contributed by atoms with Crippen molar-refractivity contribution < 1.29 is 14.3 Å². The second-order valence-electron chi connectivity index (χ2n) is 3.18. The molecule has 1 aliphatic rings. The lowest BCUT2D eigenvalue weighted by Crippen LogP contribution is -2.34. The highest BCUT2D eigenvalue weighted by Crippen LogP contribution is 2.19. The molecule has 1 unspecified atom stereocenters. The van der Waals surface area contributed by atoms with Crippen molar-refractivity contribution in [2.75, 3.05) is 25.6 Å². The third-order valence-corrected chi connectivity index (χ3v) is 3.19. The maximum Gasteiger partial charge on any atom is 0.322 e. The molecule has 1 heterocycles. The van der Waals surface area contributed by atoms with Crippen LogP contribution in [0.25, 0.3) is 0 Å². The Morgan fingerprint density at radius 3 is 2.93 bits per heavy atom. The van der Waals surface area contributed by atoms with Gasteiger partial charge in [0.05, 0.1) is 25.1 Å². The number of thioether (sulfide) groups is 1. The number of hydrogen-bond acceptors (Lipinski definition) is 5. The maximum absolute atomic E-state index is 11.1. The molecule has 1 fully saturated rings. The van der Waals surface area contributed by atoms with Gasteiger partial charge in [0, 0.05) is 0 Å². The summed E-state index contributed by atoms with van der Waals surface area (Å²) < 4.78 is 9.84. The van der Waals surface area contributed by atoms with Crippen LogP contribution < -0.4 is 5.73 Å². The average Bonchev–Trinajstić information content (AvgIpc) is 2.09. The number of carbonyl (C=O) groups excluding carboxylic acids is 1. The highest BCUT2D eigenvalue weighted by Gasteiger charge is 2.20. The van der Waals surface area contributed by atoms with Crippen LogP contribution in [0.4, 0.5) is 0 Å². The topological polar surface area (TPSA) is 61.5 Å². The molecule has 0 aromatic heterocycles. The predicted octanol–water partition coefficient (Wildman–Crippen LogP) is 0.399. The van der Waals surface area contributed by atoms with Crippen molar-refractivity contribution in [2.45, 2.75) is 24.6 Å². The third kappa shape index (κ3) is 3.86. The van der Waals surface area contributed by atoms with Gasteiger partial charge in [0.1, 0.15) is 6.04 Å². The van der Waals surface area contributed by atoms with E-state index < -0.39 is 6.04 Å². The standard InChI is InChI=1S/C9H17NO3S/c1-2-13-9(11)8(10)3-4-14-7-5-12-6-7/h7-8H,2-6,10H2,1H3. The van der Waals surface area contributed by atoms with E-state index in [4.69, 9.17) is 15.2 Å². The molecule has 5 heteroatoms. The van der Waals surface area contributed by atoms with Crippen molar-refractivity contribution in [3.63, 3.8) is 0 Å². The van der Waals surface area contributed by atoms with Crippen molar-refractivity contribution in [1.29, 1.82) is 0 Å². The van der Waals surface area contributed by atoms with Gasteiger partial charge < -0.3 is 15.2 Å². The molecule has 14 heavy (non-hydrogen) atoms. The molecule has 4 nitrogen and oxygen atoms in total. The van der Waals surface area contributed by atoms with Gasteiger partial charge in [-0.3, -0.25) is 4.79 Å². The molecule has 0 aliphatic carbocycles. The Morgan fingerprint density at radius 1 is 1.71 bits per heavy atom. The number of nitrogens with two attached hydrogens (primary N) is 1. The fourth-order valence-electron chi connectivity index (χ4n) is 1.04. The van der Waals surface area contributed by atoms with Crippen LogP contribution in [0.15, 0.2) is 0 Å². The van der Waals surface area contributed by atoms with Crippen molar-refractivity contribution in [1.82, 2.24) is 0 Å². The van der Waals surface area contributed by atoms with Gasteiger partial charge in [-0.2, -0.15) is 11.8 Å². The summed E-state index contributed by atoms with van der Waals surface area (Å²) in [5.74, 6) is 0.603. The fraction of sp³-hybridized carbons (Fsp3) is 0.889. The van der Waals surface area contributed by atoms with E-state index in [0.29, 0.717) is 18.3 Å². The first-order valence-corrected chi connectivity index (χ1v) is 5.90. The van der Waals surface area contributed by atoms with Gasteiger partial charge in [0.2, 0.25) is 0 Å². The van der Waals surface area contributed by atoms with Gasteiger partial charge in [-0.25, -0.2) is 0 Å². The minimum absolute atomic E-state index is 0.294. The summed E-state index contributed by atoms with van der Waals surface area (Å²) in [7, 11) is 0. The first kappa shape index (κ1) is 11.8. The summed E-state index contributed by atoms with van der Waals surface area (Å²) in [6.45, 7) is 3.85. The Balaban J connectivity index is 2.01. The lowest BCUT2D eigenvalue weighted by atomic mass is 10.2. The van der Waals surface area contributed by atoms with Crippen molar-refractivity contribution >= 4 is 17.7 Å². The maximum atomic E-state index is 11.1. The molecule has 0 radical (unpaired) electrons. The largest absolute Gasteiger partial charge is 0.465 e. The van der Waals surface area contributed by atoms with Crippen LogP contribution in [-0.4, -0.2) is 42.8 Å². The Hall–Kier alpha value is -0.260. The molecule has 1 aliphatic heterocycles. The Kier molecular flexibility index (Phi) is 5.29. The van der Waals surface area contributed by atoms with E-state index in [2.05, 4.69) is 0 Å². The van der Waals surface area contributed by atoms with Gasteiger partial charge in [0.15, 0.2) is 0 Å². The number of carbonyl (C=O) groups is 1. The van der Waals surface area contributed by atoms with Gasteiger partial charge >= 0.3 is 5.97 Å². The molecule has 0 spiro atoms. The van der Waals surface area contributed by atoms with Crippen LogP contribution in [0.5, 0.6) is 0 Å². The smallest absolute Gasteiger partial charge is 0.322 e. The molecule has 82 valence electrons. The third-order valence-electron chi connectivity index (χ3n) is 1.98. The quantitative estimate of drug-likeness (QED) is 0.655. The van der Waals surface area contributed by atoms with Crippen LogP contribution in [-0.2, 0) is 14.3 Å². The Bertz CT molecular complexity index is 185. The van der Waals surface area contributed by atoms with Crippen LogP contribution >= 0.6 is 11.8 Å². The molecular weight excluding hydrogens is 202 g/mol. The van der Waals surface area contributed by atoms with Gasteiger partial charge in [-0.05, 0) is 19.1 Å². The van der Waals surface area contributed by atoms with E-state index in [1.807, 2.05) is 11.8 Å². The van der Waals surface area contributed by atoms with E-state index >= 15 is 0 Å². The number of hydrogen-bond donors (Lipinski definition) is 1. The zero-order chi connectivity index (χ0) is 10.4. The van der Waals surface area contributed by atoms with Gasteiger partial charge in [-0.1, -0.05) is 0 Å². The molecule has 0 amide bonds. The van der Waals surface area contributed by atoms with Crippen molar-refractivity contribution in [3.05, 3.63) is 0 Å². The fourth-order valence-corrected chi connectivity index (χ4v) is 2.15. The molecule has 1 saturated heterocycles. The lowest BCUT2D eigenvalue weighted by molar-refractivity contribution is -0.144. The summed E-state index contributed by atoms with van der Waals surface area (Å²) in [6.07, 6.45) is 0.681. The summed E-state index contributed by atoms with van der Waals surface area (Å²) in [5.41, 5.74) is 5.63. The minimum atomic E-state index is -0.469. The minimum Gasteiger partial charge on any atom is -0.465 e. The monoisotopic (exact) mass is 219 g/mol. The first-order chi connectivity index (χ1) is 6.74. The molecule has 0 bridgehead atoms. The van der Waals surface area contributed by atoms with E-state index in [9.17, 15) is 4.79 Å². The van der Waals surface area contributed by atoms with Crippen molar-refractivity contribution in [3.8, 4) is 0 Å². The Labute approximate surface area is 88.5 Å². The van der Waals surface area contributed by atoms with Crippen LogP contribution in [0, 0.1) is 0 Å². The summed E-state index contributed by atoms with van der Waals surface area (Å²) in [4.78, 5) is 11.1. The predicted molar refractivity (Wildman–Crippen MR) is 56.3 cm³/mol. The number of ether oxygens (including phenoxy) is 2.